The van der Waals surface area contributed by atoms with Gasteiger partial charge in [0.15, 0.2) is 0 Å². The summed E-state index contributed by atoms with van der Waals surface area (Å²) in [5.74, 6) is -1.47. The molecule has 2 N–H and O–H groups in total. The van der Waals surface area contributed by atoms with Gasteiger partial charge in [0.25, 0.3) is 11.8 Å². The summed E-state index contributed by atoms with van der Waals surface area (Å²) in [5, 5.41) is 11.6. The van der Waals surface area contributed by atoms with Gasteiger partial charge in [-0.2, -0.15) is 0 Å². The van der Waals surface area contributed by atoms with Crippen LogP contribution in [0, 0.1) is 0 Å². The number of benzene rings is 3. The first-order chi connectivity index (χ1) is 14.9. The molecule has 1 heterocycles. The smallest absolute Gasteiger partial charge is 0.335 e. The van der Waals surface area contributed by atoms with Crippen LogP contribution in [0.2, 0.25) is 0 Å². The van der Waals surface area contributed by atoms with E-state index in [2.05, 4.69) is 21.2 Å². The number of hydrogen-bond donors (Lipinski definition) is 2. The van der Waals surface area contributed by atoms with Crippen LogP contribution < -0.4 is 10.2 Å². The Hall–Kier alpha value is -3.71. The topological polar surface area (TPSA) is 86.7 Å². The fraction of sp³-hybridized carbons (Fsp3) is 0.0417. The molecule has 4 amide bonds. The van der Waals surface area contributed by atoms with E-state index in [1.54, 1.807) is 0 Å². The van der Waals surface area contributed by atoms with Crippen molar-refractivity contribution in [2.24, 2.45) is 0 Å². The highest BCUT2D eigenvalue weighted by Crippen LogP contribution is 2.24. The van der Waals surface area contributed by atoms with Gasteiger partial charge in [0.05, 0.1) is 5.69 Å². The fourth-order valence-corrected chi connectivity index (χ4v) is 3.68. The molecule has 1 fully saturated rings. The molecule has 0 aromatic heterocycles. The van der Waals surface area contributed by atoms with Gasteiger partial charge in [-0.15, -0.1) is 0 Å². The summed E-state index contributed by atoms with van der Waals surface area (Å²) >= 11 is 3.54. The molecule has 0 aliphatic carbocycles. The maximum absolute atomic E-state index is 12.9. The fourth-order valence-electron chi connectivity index (χ4n) is 3.25. The lowest BCUT2D eigenvalue weighted by Gasteiger charge is -2.26. The maximum atomic E-state index is 12.9. The number of amides is 4. The Morgan fingerprint density at radius 3 is 2.26 bits per heavy atom. The molecule has 154 valence electrons. The number of anilines is 1. The zero-order valence-electron chi connectivity index (χ0n) is 16.2. The molecule has 1 aliphatic heterocycles. The molecule has 3 aromatic rings. The SMILES string of the molecule is O=C1NC(=O)N(c2ccc(O)cc2)C(=O)/C1=C/c1ccc(Cc2ccccc2Br)cc1. The van der Waals surface area contributed by atoms with Crippen LogP contribution in [0.15, 0.2) is 82.8 Å². The number of aromatic hydroxyl groups is 1. The minimum Gasteiger partial charge on any atom is -0.508 e. The summed E-state index contributed by atoms with van der Waals surface area (Å²) < 4.78 is 1.03. The third kappa shape index (κ3) is 4.41. The number of urea groups is 1. The predicted octanol–water partition coefficient (Wildman–Crippen LogP) is 4.41. The summed E-state index contributed by atoms with van der Waals surface area (Å²) in [4.78, 5) is 38.3. The van der Waals surface area contributed by atoms with Crippen molar-refractivity contribution in [3.8, 4) is 5.75 Å². The second-order valence-corrected chi connectivity index (χ2v) is 7.84. The first-order valence-corrected chi connectivity index (χ1v) is 10.2. The van der Waals surface area contributed by atoms with Gasteiger partial charge in [0, 0.05) is 4.47 Å². The minimum atomic E-state index is -0.832. The van der Waals surface area contributed by atoms with Crippen LogP contribution >= 0.6 is 15.9 Å². The number of phenolic OH excluding ortho intramolecular Hbond substituents is 1. The van der Waals surface area contributed by atoms with E-state index in [9.17, 15) is 19.5 Å². The lowest BCUT2D eigenvalue weighted by molar-refractivity contribution is -0.122. The Bertz CT molecular complexity index is 1200. The van der Waals surface area contributed by atoms with Gasteiger partial charge in [0.2, 0.25) is 0 Å². The van der Waals surface area contributed by atoms with Crippen LogP contribution in [-0.4, -0.2) is 23.0 Å². The average molecular weight is 477 g/mol. The van der Waals surface area contributed by atoms with Gasteiger partial charge >= 0.3 is 6.03 Å². The van der Waals surface area contributed by atoms with Crippen molar-refractivity contribution < 1.29 is 19.5 Å². The zero-order valence-corrected chi connectivity index (χ0v) is 17.8. The highest BCUT2D eigenvalue weighted by Gasteiger charge is 2.36. The molecule has 0 radical (unpaired) electrons. The van der Waals surface area contributed by atoms with Gasteiger partial charge in [0.1, 0.15) is 11.3 Å². The molecule has 0 spiro atoms. The van der Waals surface area contributed by atoms with Crippen molar-refractivity contribution in [3.05, 3.63) is 99.5 Å². The Morgan fingerprint density at radius 2 is 1.58 bits per heavy atom. The number of halogens is 1. The highest BCUT2D eigenvalue weighted by atomic mass is 79.9. The van der Waals surface area contributed by atoms with E-state index in [1.807, 2.05) is 48.5 Å². The van der Waals surface area contributed by atoms with Crippen LogP contribution in [0.1, 0.15) is 16.7 Å². The van der Waals surface area contributed by atoms with Crippen LogP contribution in [0.3, 0.4) is 0 Å². The number of barbiturate groups is 1. The number of hydrogen-bond acceptors (Lipinski definition) is 4. The number of carbonyl (C=O) groups is 3. The van der Waals surface area contributed by atoms with Crippen molar-refractivity contribution in [1.82, 2.24) is 5.32 Å². The normalized spacial score (nSPS) is 15.3. The largest absolute Gasteiger partial charge is 0.508 e. The molecule has 31 heavy (non-hydrogen) atoms. The van der Waals surface area contributed by atoms with Gasteiger partial charge in [-0.25, -0.2) is 9.69 Å². The van der Waals surface area contributed by atoms with Crippen LogP contribution in [0.25, 0.3) is 6.08 Å². The molecule has 1 aliphatic rings. The van der Waals surface area contributed by atoms with E-state index < -0.39 is 17.8 Å². The number of nitrogens with one attached hydrogen (secondary N) is 1. The third-order valence-electron chi connectivity index (χ3n) is 4.85. The third-order valence-corrected chi connectivity index (χ3v) is 5.63. The molecule has 0 atom stereocenters. The van der Waals surface area contributed by atoms with Crippen LogP contribution in [0.5, 0.6) is 5.75 Å². The molecule has 4 rings (SSSR count). The van der Waals surface area contributed by atoms with E-state index in [0.717, 1.165) is 26.9 Å². The van der Waals surface area contributed by atoms with Gasteiger partial charge < -0.3 is 5.11 Å². The summed E-state index contributed by atoms with van der Waals surface area (Å²) in [6.45, 7) is 0. The van der Waals surface area contributed by atoms with Crippen molar-refractivity contribution in [1.29, 1.82) is 0 Å². The average Bonchev–Trinajstić information content (AvgIpc) is 2.75. The van der Waals surface area contributed by atoms with E-state index in [0.29, 0.717) is 5.56 Å². The van der Waals surface area contributed by atoms with Gasteiger partial charge in [-0.1, -0.05) is 58.4 Å². The summed E-state index contributed by atoms with van der Waals surface area (Å²) in [5.41, 5.74) is 3.00. The Morgan fingerprint density at radius 1 is 0.903 bits per heavy atom. The molecule has 0 bridgehead atoms. The zero-order chi connectivity index (χ0) is 22.0. The van der Waals surface area contributed by atoms with E-state index in [4.69, 9.17) is 0 Å². The van der Waals surface area contributed by atoms with Gasteiger partial charge in [-0.3, -0.25) is 14.9 Å². The maximum Gasteiger partial charge on any atom is 0.335 e. The molecular formula is C24H17BrN2O4. The number of nitrogens with zero attached hydrogens (tertiary/aromatic N) is 1. The van der Waals surface area contributed by atoms with E-state index in [1.165, 1.54) is 30.3 Å². The second kappa shape index (κ2) is 8.57. The quantitative estimate of drug-likeness (QED) is 0.431. The summed E-state index contributed by atoms with van der Waals surface area (Å²) in [7, 11) is 0. The molecule has 3 aromatic carbocycles. The number of imide groups is 2. The van der Waals surface area contributed by atoms with E-state index >= 15 is 0 Å². The molecule has 0 unspecified atom stereocenters. The Kier molecular flexibility index (Phi) is 5.68. The monoisotopic (exact) mass is 476 g/mol. The van der Waals surface area contributed by atoms with Crippen molar-refractivity contribution in [3.63, 3.8) is 0 Å². The minimum absolute atomic E-state index is 0.00285. The van der Waals surface area contributed by atoms with Crippen molar-refractivity contribution in [2.75, 3.05) is 4.90 Å². The molecule has 1 saturated heterocycles. The second-order valence-electron chi connectivity index (χ2n) is 6.98. The number of carbonyl (C=O) groups excluding carboxylic acids is 3. The van der Waals surface area contributed by atoms with Crippen LogP contribution in [0.4, 0.5) is 10.5 Å². The predicted molar refractivity (Wildman–Crippen MR) is 120 cm³/mol. The molecule has 6 nitrogen and oxygen atoms in total. The highest BCUT2D eigenvalue weighted by molar-refractivity contribution is 9.10. The first kappa shape index (κ1) is 20.6. The number of phenols is 1. The first-order valence-electron chi connectivity index (χ1n) is 9.45. The lowest BCUT2D eigenvalue weighted by atomic mass is 10.0. The Labute approximate surface area is 186 Å². The Balaban J connectivity index is 1.58. The summed E-state index contributed by atoms with van der Waals surface area (Å²) in [6.07, 6.45) is 2.19. The van der Waals surface area contributed by atoms with E-state index in [-0.39, 0.29) is 17.0 Å². The van der Waals surface area contributed by atoms with Crippen molar-refractivity contribution in [2.45, 2.75) is 6.42 Å². The standard InChI is InChI=1S/C24H17BrN2O4/c25-21-4-2-1-3-17(21)13-15-5-7-16(8-6-15)14-20-22(29)26-24(31)27(23(20)30)18-9-11-19(28)12-10-18/h1-12,14,28H,13H2,(H,26,29,31)/b20-14+. The lowest BCUT2D eigenvalue weighted by Crippen LogP contribution is -2.54. The molecule has 0 saturated carbocycles. The molecular weight excluding hydrogens is 460 g/mol. The summed E-state index contributed by atoms with van der Waals surface area (Å²) in [6, 6.07) is 20.2. The van der Waals surface area contributed by atoms with Gasteiger partial charge in [-0.05, 0) is 59.5 Å². The van der Waals surface area contributed by atoms with Crippen molar-refractivity contribution >= 4 is 45.5 Å². The number of rotatable bonds is 4. The molecule has 7 heteroatoms. The van der Waals surface area contributed by atoms with Crippen LogP contribution in [-0.2, 0) is 16.0 Å².